The first kappa shape index (κ1) is 21.0. The number of hydrogen-bond donors (Lipinski definition) is 1. The van der Waals surface area contributed by atoms with Gasteiger partial charge in [0.05, 0.1) is 24.2 Å². The molecule has 30 heavy (non-hydrogen) atoms. The molecule has 2 fully saturated rings. The molecule has 4 rings (SSSR count). The number of piperazine rings is 1. The number of nitrogens with one attached hydrogen (secondary N) is 1. The molecule has 2 atom stereocenters. The molecule has 0 saturated carbocycles. The highest BCUT2D eigenvalue weighted by molar-refractivity contribution is 8.15. The number of sulfone groups is 1. The summed E-state index contributed by atoms with van der Waals surface area (Å²) in [4.78, 5) is 32.5. The summed E-state index contributed by atoms with van der Waals surface area (Å²) in [6.45, 7) is 3.90. The molecule has 0 spiro atoms. The van der Waals surface area contributed by atoms with Crippen molar-refractivity contribution in [2.75, 3.05) is 49.6 Å². The summed E-state index contributed by atoms with van der Waals surface area (Å²) in [7, 11) is -2.98. The Labute approximate surface area is 179 Å². The molecule has 0 unspecified atom stereocenters. The van der Waals surface area contributed by atoms with E-state index in [0.29, 0.717) is 43.5 Å². The fourth-order valence-corrected chi connectivity index (χ4v) is 7.43. The van der Waals surface area contributed by atoms with Gasteiger partial charge in [0.2, 0.25) is 0 Å². The summed E-state index contributed by atoms with van der Waals surface area (Å²) in [6.07, 6.45) is -0.344. The normalized spacial score (nSPS) is 24.9. The maximum atomic E-state index is 12.9. The summed E-state index contributed by atoms with van der Waals surface area (Å²) in [6, 6.07) is 6.99. The molecule has 3 aliphatic rings. The standard InChI is InChI=1S/C19H24N4O5S2/c1-2-28-19(25)23-8-6-22(7-9-23)17(24)13-4-3-5-14(10-13)20-18-21-15-11-30(26,27)12-16(15)29-18/h3-5,10,15-16H,2,6-9,11-12H2,1H3,(H,20,21)/t15-,16+/m0/s1. The Bertz CT molecular complexity index is 973. The van der Waals surface area contributed by atoms with E-state index in [1.807, 2.05) is 6.07 Å². The van der Waals surface area contributed by atoms with Crippen LogP contribution in [0.4, 0.5) is 10.5 Å². The van der Waals surface area contributed by atoms with Gasteiger partial charge in [-0.1, -0.05) is 17.8 Å². The van der Waals surface area contributed by atoms with Crippen molar-refractivity contribution in [2.45, 2.75) is 18.2 Å². The van der Waals surface area contributed by atoms with Crippen molar-refractivity contribution in [3.8, 4) is 0 Å². The third-order valence-corrected chi connectivity index (χ3v) is 8.41. The first-order chi connectivity index (χ1) is 14.3. The molecule has 2 amide bonds. The summed E-state index contributed by atoms with van der Waals surface area (Å²) >= 11 is 1.44. The molecule has 1 aromatic carbocycles. The number of amidine groups is 1. The number of carbonyl (C=O) groups excluding carboxylic acids is 2. The van der Waals surface area contributed by atoms with Gasteiger partial charge >= 0.3 is 6.09 Å². The van der Waals surface area contributed by atoms with Crippen LogP contribution in [0.1, 0.15) is 17.3 Å². The fraction of sp³-hybridized carbons (Fsp3) is 0.526. The lowest BCUT2D eigenvalue weighted by Crippen LogP contribution is -2.50. The monoisotopic (exact) mass is 452 g/mol. The SMILES string of the molecule is CCOC(=O)N1CCN(C(=O)c2cccc(NC3=N[C@H]4CS(=O)(=O)C[C@H]4S3)c2)CC1. The number of hydrogen-bond acceptors (Lipinski definition) is 8. The van der Waals surface area contributed by atoms with Gasteiger partial charge in [-0.3, -0.25) is 9.79 Å². The third-order valence-electron chi connectivity index (χ3n) is 5.27. The molecular weight excluding hydrogens is 428 g/mol. The molecule has 0 bridgehead atoms. The minimum Gasteiger partial charge on any atom is -0.450 e. The number of fused-ring (bicyclic) bond motifs is 1. The van der Waals surface area contributed by atoms with Gasteiger partial charge in [-0.2, -0.15) is 0 Å². The van der Waals surface area contributed by atoms with E-state index < -0.39 is 9.84 Å². The van der Waals surface area contributed by atoms with Crippen LogP contribution >= 0.6 is 11.8 Å². The van der Waals surface area contributed by atoms with E-state index in [0.717, 1.165) is 5.69 Å². The van der Waals surface area contributed by atoms with Crippen molar-refractivity contribution in [2.24, 2.45) is 4.99 Å². The topological polar surface area (TPSA) is 108 Å². The Morgan fingerprint density at radius 1 is 1.20 bits per heavy atom. The van der Waals surface area contributed by atoms with Crippen molar-refractivity contribution in [1.82, 2.24) is 9.80 Å². The Hall–Kier alpha value is -2.27. The third kappa shape index (κ3) is 4.56. The van der Waals surface area contributed by atoms with Gasteiger partial charge < -0.3 is 19.9 Å². The molecule has 0 aliphatic carbocycles. The van der Waals surface area contributed by atoms with E-state index in [4.69, 9.17) is 4.74 Å². The number of anilines is 1. The number of aliphatic imine (C=N–C) groups is 1. The molecule has 3 aliphatic heterocycles. The van der Waals surface area contributed by atoms with E-state index in [1.165, 1.54) is 11.8 Å². The molecule has 9 nitrogen and oxygen atoms in total. The molecular formula is C19H24N4O5S2. The first-order valence-corrected chi connectivity index (χ1v) is 12.6. The van der Waals surface area contributed by atoms with Gasteiger partial charge in [0.15, 0.2) is 15.0 Å². The van der Waals surface area contributed by atoms with Crippen LogP contribution in [-0.2, 0) is 14.6 Å². The lowest BCUT2D eigenvalue weighted by Gasteiger charge is -2.34. The highest BCUT2D eigenvalue weighted by Gasteiger charge is 2.42. The Kier molecular flexibility index (Phi) is 5.92. The van der Waals surface area contributed by atoms with Gasteiger partial charge in [0.1, 0.15) is 0 Å². The number of carbonyl (C=O) groups is 2. The van der Waals surface area contributed by atoms with E-state index in [1.54, 1.807) is 34.9 Å². The quantitative estimate of drug-likeness (QED) is 0.736. The van der Waals surface area contributed by atoms with Crippen LogP contribution in [0.5, 0.6) is 0 Å². The predicted molar refractivity (Wildman–Crippen MR) is 116 cm³/mol. The average molecular weight is 453 g/mol. The number of amides is 2. The molecule has 0 radical (unpaired) electrons. The second kappa shape index (κ2) is 8.46. The van der Waals surface area contributed by atoms with Gasteiger partial charge in [0, 0.05) is 42.7 Å². The highest BCUT2D eigenvalue weighted by atomic mass is 32.2. The van der Waals surface area contributed by atoms with Crippen LogP contribution in [-0.4, -0.2) is 91.0 Å². The Balaban J connectivity index is 1.36. The predicted octanol–water partition coefficient (Wildman–Crippen LogP) is 1.28. The summed E-state index contributed by atoms with van der Waals surface area (Å²) in [5, 5.41) is 3.87. The van der Waals surface area contributed by atoms with Crippen molar-refractivity contribution < 1.29 is 22.7 Å². The zero-order valence-corrected chi connectivity index (χ0v) is 18.2. The molecule has 2 saturated heterocycles. The van der Waals surface area contributed by atoms with Gasteiger partial charge in [0.25, 0.3) is 5.91 Å². The minimum atomic E-state index is -2.98. The van der Waals surface area contributed by atoms with E-state index in [9.17, 15) is 18.0 Å². The Morgan fingerprint density at radius 2 is 1.93 bits per heavy atom. The largest absolute Gasteiger partial charge is 0.450 e. The first-order valence-electron chi connectivity index (χ1n) is 9.87. The maximum absolute atomic E-state index is 12.9. The van der Waals surface area contributed by atoms with Crippen LogP contribution in [0.15, 0.2) is 29.3 Å². The molecule has 3 heterocycles. The smallest absolute Gasteiger partial charge is 0.409 e. The number of nitrogens with zero attached hydrogens (tertiary/aromatic N) is 3. The van der Waals surface area contributed by atoms with Crippen molar-refractivity contribution >= 4 is 44.5 Å². The van der Waals surface area contributed by atoms with Crippen LogP contribution in [0, 0.1) is 0 Å². The van der Waals surface area contributed by atoms with Gasteiger partial charge in [-0.25, -0.2) is 13.2 Å². The van der Waals surface area contributed by atoms with E-state index >= 15 is 0 Å². The van der Waals surface area contributed by atoms with Crippen molar-refractivity contribution in [3.63, 3.8) is 0 Å². The van der Waals surface area contributed by atoms with Crippen LogP contribution in [0.25, 0.3) is 0 Å². The van der Waals surface area contributed by atoms with Crippen molar-refractivity contribution in [3.05, 3.63) is 29.8 Å². The number of rotatable bonds is 3. The van der Waals surface area contributed by atoms with Crippen LogP contribution < -0.4 is 5.32 Å². The molecule has 1 N–H and O–H groups in total. The van der Waals surface area contributed by atoms with E-state index in [-0.39, 0.29) is 34.8 Å². The second-order valence-electron chi connectivity index (χ2n) is 7.42. The summed E-state index contributed by atoms with van der Waals surface area (Å²) < 4.78 is 28.4. The minimum absolute atomic E-state index is 0.0296. The summed E-state index contributed by atoms with van der Waals surface area (Å²) in [5.41, 5.74) is 1.29. The number of benzene rings is 1. The molecule has 1 aromatic rings. The van der Waals surface area contributed by atoms with Crippen LogP contribution in [0.3, 0.4) is 0 Å². The van der Waals surface area contributed by atoms with Gasteiger partial charge in [-0.15, -0.1) is 0 Å². The maximum Gasteiger partial charge on any atom is 0.409 e. The molecule has 0 aromatic heterocycles. The average Bonchev–Trinajstić information content (AvgIpc) is 3.20. The molecule has 162 valence electrons. The summed E-state index contributed by atoms with van der Waals surface area (Å²) in [5.74, 6) is 0.172. The lowest BCUT2D eigenvalue weighted by atomic mass is 10.1. The van der Waals surface area contributed by atoms with Gasteiger partial charge in [-0.05, 0) is 25.1 Å². The van der Waals surface area contributed by atoms with Crippen molar-refractivity contribution in [1.29, 1.82) is 0 Å². The lowest BCUT2D eigenvalue weighted by molar-refractivity contribution is 0.0570. The fourth-order valence-electron chi connectivity index (χ4n) is 3.76. The Morgan fingerprint density at radius 3 is 2.63 bits per heavy atom. The number of thioether (sulfide) groups is 1. The second-order valence-corrected chi connectivity index (χ2v) is 10.8. The highest BCUT2D eigenvalue weighted by Crippen LogP contribution is 2.34. The van der Waals surface area contributed by atoms with E-state index in [2.05, 4.69) is 10.3 Å². The molecule has 11 heteroatoms. The zero-order chi connectivity index (χ0) is 21.3. The number of ether oxygens (including phenoxy) is 1. The zero-order valence-electron chi connectivity index (χ0n) is 16.6. The van der Waals surface area contributed by atoms with Crippen LogP contribution in [0.2, 0.25) is 0 Å².